The Morgan fingerprint density at radius 1 is 1.10 bits per heavy atom. The van der Waals surface area contributed by atoms with Crippen molar-refractivity contribution in [2.24, 2.45) is 5.73 Å². The van der Waals surface area contributed by atoms with E-state index in [1.165, 1.54) is 0 Å². The molecule has 1 aromatic heterocycles. The SMILES string of the molecule is NCCc1ccc(CNC(=O)c2cc(=O)[nH]c(=O)[nH]2)cc1. The van der Waals surface area contributed by atoms with Crippen LogP contribution < -0.4 is 22.3 Å². The monoisotopic (exact) mass is 288 g/mol. The molecule has 0 fully saturated rings. The lowest BCUT2D eigenvalue weighted by Crippen LogP contribution is -2.30. The number of hydrogen-bond donors (Lipinski definition) is 4. The molecule has 0 aliphatic carbocycles. The Morgan fingerprint density at radius 3 is 2.38 bits per heavy atom. The third-order valence-corrected chi connectivity index (χ3v) is 2.91. The molecule has 2 aromatic rings. The highest BCUT2D eigenvalue weighted by molar-refractivity contribution is 5.91. The van der Waals surface area contributed by atoms with Gasteiger partial charge in [0.1, 0.15) is 5.69 Å². The number of aromatic nitrogens is 2. The summed E-state index contributed by atoms with van der Waals surface area (Å²) in [5.41, 5.74) is 6.12. The van der Waals surface area contributed by atoms with Crippen molar-refractivity contribution >= 4 is 5.91 Å². The van der Waals surface area contributed by atoms with Gasteiger partial charge in [0.25, 0.3) is 11.5 Å². The maximum atomic E-state index is 11.8. The molecule has 21 heavy (non-hydrogen) atoms. The van der Waals surface area contributed by atoms with Crippen molar-refractivity contribution in [2.75, 3.05) is 6.54 Å². The van der Waals surface area contributed by atoms with Gasteiger partial charge in [-0.2, -0.15) is 0 Å². The lowest BCUT2D eigenvalue weighted by Gasteiger charge is -2.06. The minimum atomic E-state index is -0.709. The third-order valence-electron chi connectivity index (χ3n) is 2.91. The van der Waals surface area contributed by atoms with E-state index in [-0.39, 0.29) is 5.69 Å². The van der Waals surface area contributed by atoms with Gasteiger partial charge in [-0.3, -0.25) is 14.6 Å². The summed E-state index contributed by atoms with van der Waals surface area (Å²) >= 11 is 0. The molecule has 0 unspecified atom stereocenters. The summed E-state index contributed by atoms with van der Waals surface area (Å²) in [6.07, 6.45) is 0.806. The molecular weight excluding hydrogens is 272 g/mol. The van der Waals surface area contributed by atoms with Gasteiger partial charge in [0, 0.05) is 12.6 Å². The predicted octanol–water partition coefficient (Wildman–Crippen LogP) is -0.506. The van der Waals surface area contributed by atoms with E-state index in [0.29, 0.717) is 13.1 Å². The van der Waals surface area contributed by atoms with Gasteiger partial charge in [-0.25, -0.2) is 4.79 Å². The number of nitrogens with one attached hydrogen (secondary N) is 3. The molecule has 0 spiro atoms. The normalized spacial score (nSPS) is 10.3. The highest BCUT2D eigenvalue weighted by Crippen LogP contribution is 2.04. The van der Waals surface area contributed by atoms with E-state index >= 15 is 0 Å². The van der Waals surface area contributed by atoms with Gasteiger partial charge < -0.3 is 16.0 Å². The number of carbonyl (C=O) groups excluding carboxylic acids is 1. The third kappa shape index (κ3) is 4.15. The number of nitrogens with two attached hydrogens (primary N) is 1. The van der Waals surface area contributed by atoms with Crippen LogP contribution in [0.15, 0.2) is 39.9 Å². The van der Waals surface area contributed by atoms with Gasteiger partial charge in [-0.05, 0) is 24.1 Å². The molecule has 0 aliphatic rings. The molecule has 0 radical (unpaired) electrons. The molecule has 5 N–H and O–H groups in total. The fourth-order valence-electron chi connectivity index (χ4n) is 1.86. The highest BCUT2D eigenvalue weighted by Gasteiger charge is 2.07. The van der Waals surface area contributed by atoms with Gasteiger partial charge in [0.15, 0.2) is 0 Å². The summed E-state index contributed by atoms with van der Waals surface area (Å²) in [6.45, 7) is 0.891. The Bertz CT molecular complexity index is 703. The van der Waals surface area contributed by atoms with Crippen LogP contribution in [0, 0.1) is 0 Å². The minimum Gasteiger partial charge on any atom is -0.347 e. The molecule has 1 amide bonds. The van der Waals surface area contributed by atoms with E-state index in [1.807, 2.05) is 29.2 Å². The Kier molecular flexibility index (Phi) is 4.68. The van der Waals surface area contributed by atoms with Crippen molar-refractivity contribution < 1.29 is 4.79 Å². The van der Waals surface area contributed by atoms with Gasteiger partial charge in [-0.1, -0.05) is 24.3 Å². The number of amides is 1. The summed E-state index contributed by atoms with van der Waals surface area (Å²) < 4.78 is 0. The van der Waals surface area contributed by atoms with Crippen LogP contribution in [0.5, 0.6) is 0 Å². The smallest absolute Gasteiger partial charge is 0.326 e. The van der Waals surface area contributed by atoms with Crippen molar-refractivity contribution in [1.82, 2.24) is 15.3 Å². The van der Waals surface area contributed by atoms with Crippen molar-refractivity contribution in [3.63, 3.8) is 0 Å². The predicted molar refractivity (Wildman–Crippen MR) is 78.1 cm³/mol. The maximum absolute atomic E-state index is 11.8. The zero-order valence-corrected chi connectivity index (χ0v) is 11.3. The fraction of sp³-hybridized carbons (Fsp3) is 0.214. The topological polar surface area (TPSA) is 121 Å². The van der Waals surface area contributed by atoms with E-state index in [1.54, 1.807) is 0 Å². The van der Waals surface area contributed by atoms with E-state index < -0.39 is 17.2 Å². The Morgan fingerprint density at radius 2 is 1.76 bits per heavy atom. The average Bonchev–Trinajstić information content (AvgIpc) is 2.45. The van der Waals surface area contributed by atoms with Gasteiger partial charge in [0.05, 0.1) is 0 Å². The first-order valence-corrected chi connectivity index (χ1v) is 6.48. The van der Waals surface area contributed by atoms with Crippen LogP contribution in [0.4, 0.5) is 0 Å². The summed E-state index contributed by atoms with van der Waals surface area (Å²) in [4.78, 5) is 38.3. The molecule has 7 nitrogen and oxygen atoms in total. The van der Waals surface area contributed by atoms with E-state index in [9.17, 15) is 14.4 Å². The summed E-state index contributed by atoms with van der Waals surface area (Å²) in [6, 6.07) is 8.73. The molecule has 0 saturated carbocycles. The Labute approximate surface area is 120 Å². The van der Waals surface area contributed by atoms with Crippen LogP contribution in [0.25, 0.3) is 0 Å². The Balaban J connectivity index is 2.00. The van der Waals surface area contributed by atoms with Crippen LogP contribution >= 0.6 is 0 Å². The van der Waals surface area contributed by atoms with Gasteiger partial charge >= 0.3 is 5.69 Å². The second-order valence-electron chi connectivity index (χ2n) is 4.54. The van der Waals surface area contributed by atoms with E-state index in [0.717, 1.165) is 23.6 Å². The van der Waals surface area contributed by atoms with Crippen molar-refractivity contribution in [3.8, 4) is 0 Å². The zero-order chi connectivity index (χ0) is 15.2. The van der Waals surface area contributed by atoms with Gasteiger partial charge in [0.2, 0.25) is 0 Å². The van der Waals surface area contributed by atoms with E-state index in [2.05, 4.69) is 10.3 Å². The minimum absolute atomic E-state index is 0.0662. The molecule has 0 saturated heterocycles. The lowest BCUT2D eigenvalue weighted by atomic mass is 10.1. The zero-order valence-electron chi connectivity index (χ0n) is 11.3. The highest BCUT2D eigenvalue weighted by atomic mass is 16.2. The van der Waals surface area contributed by atoms with Gasteiger partial charge in [-0.15, -0.1) is 0 Å². The number of rotatable bonds is 5. The fourth-order valence-corrected chi connectivity index (χ4v) is 1.86. The number of hydrogen-bond acceptors (Lipinski definition) is 4. The number of aromatic amines is 2. The van der Waals surface area contributed by atoms with Crippen LogP contribution in [-0.2, 0) is 13.0 Å². The largest absolute Gasteiger partial charge is 0.347 e. The molecule has 110 valence electrons. The first-order valence-electron chi connectivity index (χ1n) is 6.48. The molecule has 1 heterocycles. The molecule has 0 aliphatic heterocycles. The molecule has 1 aromatic carbocycles. The quantitative estimate of drug-likeness (QED) is 0.592. The first kappa shape index (κ1) is 14.7. The van der Waals surface area contributed by atoms with Crippen LogP contribution in [-0.4, -0.2) is 22.4 Å². The van der Waals surface area contributed by atoms with Crippen LogP contribution in [0.2, 0.25) is 0 Å². The summed E-state index contributed by atoms with van der Waals surface area (Å²) in [5, 5.41) is 2.63. The van der Waals surface area contributed by atoms with Crippen LogP contribution in [0.3, 0.4) is 0 Å². The molecular formula is C14H16N4O3. The standard InChI is InChI=1S/C14H16N4O3/c15-6-5-9-1-3-10(4-2-9)8-16-13(20)11-7-12(19)18-14(21)17-11/h1-4,7H,5-6,8,15H2,(H,16,20)(H2,17,18,19,21). The number of benzene rings is 1. The summed E-state index contributed by atoms with van der Waals surface area (Å²) in [7, 11) is 0. The van der Waals surface area contributed by atoms with Crippen molar-refractivity contribution in [1.29, 1.82) is 0 Å². The second-order valence-corrected chi connectivity index (χ2v) is 4.54. The first-order chi connectivity index (χ1) is 10.1. The van der Waals surface area contributed by atoms with Crippen molar-refractivity contribution in [2.45, 2.75) is 13.0 Å². The second kappa shape index (κ2) is 6.67. The average molecular weight is 288 g/mol. The number of carbonyl (C=O) groups is 1. The number of H-pyrrole nitrogens is 2. The maximum Gasteiger partial charge on any atom is 0.326 e. The van der Waals surface area contributed by atoms with Crippen LogP contribution in [0.1, 0.15) is 21.6 Å². The van der Waals surface area contributed by atoms with Crippen molar-refractivity contribution in [3.05, 3.63) is 68.0 Å². The molecule has 0 atom stereocenters. The summed E-state index contributed by atoms with van der Waals surface area (Å²) in [5.74, 6) is -0.510. The lowest BCUT2D eigenvalue weighted by molar-refractivity contribution is 0.0945. The van der Waals surface area contributed by atoms with E-state index in [4.69, 9.17) is 5.73 Å². The molecule has 7 heteroatoms. The molecule has 2 rings (SSSR count). The molecule has 0 bridgehead atoms. The Hall–Kier alpha value is -2.67.